The third-order valence-electron chi connectivity index (χ3n) is 3.65. The van der Waals surface area contributed by atoms with Crippen molar-refractivity contribution in [2.45, 2.75) is 0 Å². The van der Waals surface area contributed by atoms with E-state index in [9.17, 15) is 14.0 Å². The first-order valence-electron chi connectivity index (χ1n) is 8.03. The van der Waals surface area contributed by atoms with Crippen LogP contribution in [0.3, 0.4) is 0 Å². The number of carbonyl (C=O) groups excluding carboxylic acids is 2. The Morgan fingerprint density at radius 2 is 1.74 bits per heavy atom. The smallest absolute Gasteiger partial charge is 0.344 e. The summed E-state index contributed by atoms with van der Waals surface area (Å²) in [5.74, 6) is -1.28. The van der Waals surface area contributed by atoms with Crippen molar-refractivity contribution in [1.82, 2.24) is 0 Å². The summed E-state index contributed by atoms with van der Waals surface area (Å²) in [6, 6.07) is 16.7. The Balaban J connectivity index is 1.46. The molecular formula is C20H15ClFNO4. The third kappa shape index (κ3) is 5.18. The number of anilines is 1. The van der Waals surface area contributed by atoms with Crippen molar-refractivity contribution in [2.24, 2.45) is 0 Å². The molecule has 27 heavy (non-hydrogen) atoms. The summed E-state index contributed by atoms with van der Waals surface area (Å²) in [5, 5.41) is 4.53. The molecule has 0 aliphatic heterocycles. The molecule has 0 fully saturated rings. The molecule has 0 unspecified atom stereocenters. The average Bonchev–Trinajstić information content (AvgIpc) is 2.67. The molecule has 0 aromatic heterocycles. The van der Waals surface area contributed by atoms with E-state index < -0.39 is 24.3 Å². The van der Waals surface area contributed by atoms with E-state index in [1.165, 1.54) is 6.07 Å². The largest absolute Gasteiger partial charge is 0.482 e. The molecule has 0 heterocycles. The summed E-state index contributed by atoms with van der Waals surface area (Å²) in [6.45, 7) is -0.837. The lowest BCUT2D eigenvalue weighted by Gasteiger charge is -2.09. The van der Waals surface area contributed by atoms with Gasteiger partial charge < -0.3 is 14.8 Å². The minimum absolute atomic E-state index is 0.0503. The minimum atomic E-state index is -0.691. The van der Waals surface area contributed by atoms with Gasteiger partial charge in [-0.05, 0) is 41.1 Å². The maximum absolute atomic E-state index is 13.0. The van der Waals surface area contributed by atoms with Crippen LogP contribution in [0.25, 0.3) is 10.8 Å². The van der Waals surface area contributed by atoms with Crippen LogP contribution in [0.1, 0.15) is 0 Å². The zero-order valence-corrected chi connectivity index (χ0v) is 14.8. The Labute approximate surface area is 159 Å². The molecule has 3 aromatic carbocycles. The fraction of sp³-hybridized carbons (Fsp3) is 0.100. The summed E-state index contributed by atoms with van der Waals surface area (Å²) in [4.78, 5) is 23.5. The van der Waals surface area contributed by atoms with Crippen LogP contribution in [0.5, 0.6) is 5.75 Å². The summed E-state index contributed by atoms with van der Waals surface area (Å²) in [6.07, 6.45) is 0. The van der Waals surface area contributed by atoms with Gasteiger partial charge in [0.1, 0.15) is 11.6 Å². The highest BCUT2D eigenvalue weighted by Gasteiger charge is 2.11. The molecular weight excluding hydrogens is 373 g/mol. The highest BCUT2D eigenvalue weighted by Crippen LogP contribution is 2.22. The van der Waals surface area contributed by atoms with E-state index in [1.807, 2.05) is 36.4 Å². The van der Waals surface area contributed by atoms with Gasteiger partial charge in [0.25, 0.3) is 5.91 Å². The second-order valence-electron chi connectivity index (χ2n) is 5.63. The first kappa shape index (κ1) is 18.7. The van der Waals surface area contributed by atoms with Crippen LogP contribution in [0.2, 0.25) is 5.02 Å². The number of benzene rings is 3. The molecule has 0 aliphatic rings. The van der Waals surface area contributed by atoms with Crippen LogP contribution in [-0.4, -0.2) is 25.1 Å². The summed E-state index contributed by atoms with van der Waals surface area (Å²) in [7, 11) is 0. The number of hydrogen-bond acceptors (Lipinski definition) is 4. The molecule has 0 radical (unpaired) electrons. The number of ether oxygens (including phenoxy) is 2. The molecule has 1 N–H and O–H groups in total. The fourth-order valence-electron chi connectivity index (χ4n) is 2.36. The Morgan fingerprint density at radius 1 is 0.963 bits per heavy atom. The molecule has 1 amide bonds. The lowest BCUT2D eigenvalue weighted by Crippen LogP contribution is -2.23. The quantitative estimate of drug-likeness (QED) is 0.644. The maximum atomic E-state index is 13.0. The predicted molar refractivity (Wildman–Crippen MR) is 100 cm³/mol. The van der Waals surface area contributed by atoms with E-state index in [4.69, 9.17) is 21.1 Å². The Hall–Kier alpha value is -3.12. The number of amides is 1. The molecule has 7 heteroatoms. The van der Waals surface area contributed by atoms with Crippen LogP contribution >= 0.6 is 11.6 Å². The fourth-order valence-corrected chi connectivity index (χ4v) is 2.58. The van der Waals surface area contributed by atoms with Gasteiger partial charge in [0.05, 0.1) is 10.7 Å². The third-order valence-corrected chi connectivity index (χ3v) is 3.96. The predicted octanol–water partition coefficient (Wildman–Crippen LogP) is 4.19. The lowest BCUT2D eigenvalue weighted by molar-refractivity contribution is -0.149. The number of fused-ring (bicyclic) bond motifs is 1. The second kappa shape index (κ2) is 8.51. The van der Waals surface area contributed by atoms with E-state index in [2.05, 4.69) is 5.32 Å². The molecule has 138 valence electrons. The summed E-state index contributed by atoms with van der Waals surface area (Å²) < 4.78 is 23.2. The van der Waals surface area contributed by atoms with E-state index >= 15 is 0 Å². The van der Waals surface area contributed by atoms with Crippen molar-refractivity contribution in [2.75, 3.05) is 18.5 Å². The molecule has 0 aliphatic carbocycles. The van der Waals surface area contributed by atoms with Crippen molar-refractivity contribution >= 4 is 39.9 Å². The maximum Gasteiger partial charge on any atom is 0.344 e. The van der Waals surface area contributed by atoms with Crippen molar-refractivity contribution in [3.8, 4) is 5.75 Å². The first-order chi connectivity index (χ1) is 13.0. The van der Waals surface area contributed by atoms with Gasteiger partial charge in [-0.3, -0.25) is 4.79 Å². The van der Waals surface area contributed by atoms with Gasteiger partial charge in [0, 0.05) is 0 Å². The van der Waals surface area contributed by atoms with Gasteiger partial charge in [-0.1, -0.05) is 41.9 Å². The van der Waals surface area contributed by atoms with E-state index in [0.29, 0.717) is 5.75 Å². The number of hydrogen-bond donors (Lipinski definition) is 1. The van der Waals surface area contributed by atoms with Gasteiger partial charge in [0.15, 0.2) is 13.2 Å². The van der Waals surface area contributed by atoms with Gasteiger partial charge in [0.2, 0.25) is 0 Å². The summed E-state index contributed by atoms with van der Waals surface area (Å²) >= 11 is 5.81. The Kier molecular flexibility index (Phi) is 5.88. The molecule has 0 bridgehead atoms. The van der Waals surface area contributed by atoms with Crippen LogP contribution in [0.4, 0.5) is 10.1 Å². The minimum Gasteiger partial charge on any atom is -0.482 e. The second-order valence-corrected chi connectivity index (χ2v) is 6.04. The highest BCUT2D eigenvalue weighted by molar-refractivity contribution is 6.33. The molecule has 3 aromatic rings. The Bertz CT molecular complexity index is 993. The molecule has 0 saturated heterocycles. The van der Waals surface area contributed by atoms with Gasteiger partial charge in [-0.25, -0.2) is 9.18 Å². The Morgan fingerprint density at radius 3 is 2.52 bits per heavy atom. The monoisotopic (exact) mass is 387 g/mol. The zero-order valence-electron chi connectivity index (χ0n) is 14.1. The molecule has 3 rings (SSSR count). The van der Waals surface area contributed by atoms with Crippen molar-refractivity contribution in [1.29, 1.82) is 0 Å². The van der Waals surface area contributed by atoms with Gasteiger partial charge in [-0.15, -0.1) is 0 Å². The number of halogens is 2. The van der Waals surface area contributed by atoms with Crippen molar-refractivity contribution in [3.63, 3.8) is 0 Å². The molecule has 0 saturated carbocycles. The number of esters is 1. The molecule has 5 nitrogen and oxygen atoms in total. The molecule has 0 spiro atoms. The normalized spacial score (nSPS) is 10.4. The SMILES string of the molecule is O=C(COC(=O)COc1ccc2ccccc2c1)Nc1ccc(F)cc1Cl. The number of rotatable bonds is 6. The van der Waals surface area contributed by atoms with Crippen LogP contribution < -0.4 is 10.1 Å². The number of carbonyl (C=O) groups is 2. The standard InChI is InChI=1S/C20H15ClFNO4/c21-17-10-15(22)6-8-18(17)23-19(24)11-27-20(25)12-26-16-7-5-13-3-1-2-4-14(13)9-16/h1-10H,11-12H2,(H,23,24). The van der Waals surface area contributed by atoms with E-state index in [1.54, 1.807) is 6.07 Å². The highest BCUT2D eigenvalue weighted by atomic mass is 35.5. The zero-order chi connectivity index (χ0) is 19.2. The van der Waals surface area contributed by atoms with Crippen LogP contribution in [0, 0.1) is 5.82 Å². The lowest BCUT2D eigenvalue weighted by atomic mass is 10.1. The van der Waals surface area contributed by atoms with E-state index in [-0.39, 0.29) is 17.3 Å². The van der Waals surface area contributed by atoms with Crippen molar-refractivity contribution < 1.29 is 23.5 Å². The van der Waals surface area contributed by atoms with Gasteiger partial charge >= 0.3 is 5.97 Å². The molecule has 0 atom stereocenters. The first-order valence-corrected chi connectivity index (χ1v) is 8.41. The van der Waals surface area contributed by atoms with Crippen molar-refractivity contribution in [3.05, 3.63) is 71.5 Å². The summed E-state index contributed by atoms with van der Waals surface area (Å²) in [5.41, 5.74) is 0.228. The van der Waals surface area contributed by atoms with E-state index in [0.717, 1.165) is 22.9 Å². The topological polar surface area (TPSA) is 64.6 Å². The van der Waals surface area contributed by atoms with Gasteiger partial charge in [-0.2, -0.15) is 0 Å². The number of nitrogens with one attached hydrogen (secondary N) is 1. The van der Waals surface area contributed by atoms with Crippen LogP contribution in [0.15, 0.2) is 60.7 Å². The van der Waals surface area contributed by atoms with Crippen LogP contribution in [-0.2, 0) is 14.3 Å². The average molecular weight is 388 g/mol.